The molecule has 1 aliphatic heterocycles. The van der Waals surface area contributed by atoms with Crippen LogP contribution in [0.3, 0.4) is 0 Å². The fourth-order valence-electron chi connectivity index (χ4n) is 4.38. The molecule has 7 heteroatoms. The summed E-state index contributed by atoms with van der Waals surface area (Å²) in [7, 11) is 0. The summed E-state index contributed by atoms with van der Waals surface area (Å²) in [5.74, 6) is 1.89. The zero-order valence-electron chi connectivity index (χ0n) is 19.9. The molecule has 0 N–H and O–H groups in total. The molecule has 3 aromatic carbocycles. The molecule has 0 saturated heterocycles. The number of fused-ring (bicyclic) bond motifs is 1. The number of carbonyl (C=O) groups excluding carboxylic acids is 1. The highest BCUT2D eigenvalue weighted by Crippen LogP contribution is 2.33. The van der Waals surface area contributed by atoms with Crippen LogP contribution in [0, 0.1) is 6.92 Å². The fourth-order valence-corrected chi connectivity index (χ4v) is 5.20. The second-order valence-electron chi connectivity index (χ2n) is 8.81. The van der Waals surface area contributed by atoms with E-state index < -0.39 is 0 Å². The second kappa shape index (κ2) is 10.4. The third kappa shape index (κ3) is 5.25. The molecule has 0 aliphatic carbocycles. The van der Waals surface area contributed by atoms with Gasteiger partial charge in [-0.25, -0.2) is 0 Å². The summed E-state index contributed by atoms with van der Waals surface area (Å²) in [4.78, 5) is 15.1. The van der Waals surface area contributed by atoms with Gasteiger partial charge in [0.25, 0.3) is 0 Å². The Morgan fingerprint density at radius 2 is 1.74 bits per heavy atom. The molecule has 0 spiro atoms. The Morgan fingerprint density at radius 3 is 2.54 bits per heavy atom. The Balaban J connectivity index is 1.33. The lowest BCUT2D eigenvalue weighted by atomic mass is 10.1. The Bertz CT molecular complexity index is 1300. The van der Waals surface area contributed by atoms with E-state index in [1.165, 1.54) is 22.9 Å². The largest absolute Gasteiger partial charge is 0.486 e. The molecule has 178 valence electrons. The fraction of sp³-hybridized carbons (Fsp3) is 0.250. The molecule has 1 amide bonds. The van der Waals surface area contributed by atoms with Crippen molar-refractivity contribution in [2.24, 2.45) is 0 Å². The lowest BCUT2D eigenvalue weighted by molar-refractivity contribution is -0.116. The van der Waals surface area contributed by atoms with Crippen LogP contribution in [0.2, 0.25) is 0 Å². The summed E-state index contributed by atoms with van der Waals surface area (Å²) in [5, 5.41) is 9.55. The minimum absolute atomic E-state index is 0.0826. The van der Waals surface area contributed by atoms with Crippen molar-refractivity contribution in [2.45, 2.75) is 44.6 Å². The topological polar surface area (TPSA) is 60.3 Å². The highest BCUT2D eigenvalue weighted by molar-refractivity contribution is 7.99. The Labute approximate surface area is 210 Å². The van der Waals surface area contributed by atoms with Crippen LogP contribution in [0.15, 0.2) is 84.0 Å². The molecular weight excluding hydrogens is 456 g/mol. The predicted octanol–water partition coefficient (Wildman–Crippen LogP) is 5.28. The molecule has 0 radical (unpaired) electrons. The van der Waals surface area contributed by atoms with Crippen molar-refractivity contribution in [1.82, 2.24) is 14.8 Å². The van der Waals surface area contributed by atoms with Gasteiger partial charge in [0, 0.05) is 11.7 Å². The lowest BCUT2D eigenvalue weighted by Crippen LogP contribution is -2.37. The molecule has 0 saturated carbocycles. The zero-order valence-corrected chi connectivity index (χ0v) is 20.7. The van der Waals surface area contributed by atoms with Gasteiger partial charge < -0.3 is 9.64 Å². The van der Waals surface area contributed by atoms with Crippen molar-refractivity contribution < 1.29 is 9.53 Å². The van der Waals surface area contributed by atoms with Gasteiger partial charge in [-0.3, -0.25) is 9.36 Å². The zero-order chi connectivity index (χ0) is 24.2. The van der Waals surface area contributed by atoms with E-state index in [2.05, 4.69) is 35.3 Å². The molecule has 35 heavy (non-hydrogen) atoms. The number of carbonyl (C=O) groups is 1. The number of thioether (sulfide) groups is 1. The van der Waals surface area contributed by atoms with Gasteiger partial charge in [-0.05, 0) is 49.6 Å². The van der Waals surface area contributed by atoms with Crippen molar-refractivity contribution in [3.8, 4) is 5.75 Å². The van der Waals surface area contributed by atoms with Crippen molar-refractivity contribution in [3.63, 3.8) is 0 Å². The number of aromatic nitrogens is 3. The quantitative estimate of drug-likeness (QED) is 0.318. The van der Waals surface area contributed by atoms with E-state index in [0.29, 0.717) is 24.1 Å². The van der Waals surface area contributed by atoms with Crippen LogP contribution in [-0.2, 0) is 24.4 Å². The number of hydrogen-bond donors (Lipinski definition) is 0. The average molecular weight is 485 g/mol. The number of rotatable bonds is 8. The van der Waals surface area contributed by atoms with E-state index >= 15 is 0 Å². The van der Waals surface area contributed by atoms with Crippen molar-refractivity contribution in [3.05, 3.63) is 101 Å². The first-order valence-electron chi connectivity index (χ1n) is 11.8. The Hall–Kier alpha value is -3.58. The van der Waals surface area contributed by atoms with Crippen LogP contribution >= 0.6 is 11.8 Å². The van der Waals surface area contributed by atoms with Crippen molar-refractivity contribution in [1.29, 1.82) is 0 Å². The number of benzene rings is 3. The lowest BCUT2D eigenvalue weighted by Gasteiger charge is -2.22. The maximum atomic E-state index is 13.2. The Kier molecular flexibility index (Phi) is 6.86. The van der Waals surface area contributed by atoms with Gasteiger partial charge >= 0.3 is 0 Å². The molecule has 1 aliphatic rings. The summed E-state index contributed by atoms with van der Waals surface area (Å²) >= 11 is 1.42. The van der Waals surface area contributed by atoms with Gasteiger partial charge in [0.05, 0.1) is 12.3 Å². The van der Waals surface area contributed by atoms with E-state index in [0.717, 1.165) is 29.2 Å². The van der Waals surface area contributed by atoms with Gasteiger partial charge in [0.2, 0.25) is 5.91 Å². The summed E-state index contributed by atoms with van der Waals surface area (Å²) in [6, 6.07) is 26.4. The van der Waals surface area contributed by atoms with Gasteiger partial charge in [-0.15, -0.1) is 10.2 Å². The van der Waals surface area contributed by atoms with Crippen LogP contribution < -0.4 is 9.64 Å². The number of aryl methyl sites for hydroxylation is 1. The highest BCUT2D eigenvalue weighted by atomic mass is 32.2. The first kappa shape index (κ1) is 23.2. The van der Waals surface area contributed by atoms with Gasteiger partial charge in [-0.1, -0.05) is 78.0 Å². The van der Waals surface area contributed by atoms with Crippen LogP contribution in [0.5, 0.6) is 5.75 Å². The molecule has 4 aromatic rings. The molecule has 5 rings (SSSR count). The van der Waals surface area contributed by atoms with Crippen LogP contribution in [0.4, 0.5) is 5.69 Å². The standard InChI is InChI=1S/C28H28N4O2S/c1-20-12-14-24(15-13-20)34-18-26-29-30-28(31(26)17-22-8-4-3-5-9-22)35-19-27(33)32-21(2)16-23-10-6-7-11-25(23)32/h3-15,21H,16-19H2,1-2H3/t21-/m0/s1. The third-order valence-corrected chi connectivity index (χ3v) is 7.12. The van der Waals surface area contributed by atoms with E-state index in [1.54, 1.807) is 0 Å². The Morgan fingerprint density at radius 1 is 1.00 bits per heavy atom. The molecule has 1 atom stereocenters. The second-order valence-corrected chi connectivity index (χ2v) is 9.75. The molecule has 2 heterocycles. The molecule has 1 aromatic heterocycles. The maximum absolute atomic E-state index is 13.2. The molecule has 0 fully saturated rings. The molecule has 6 nitrogen and oxygen atoms in total. The molecule has 0 bridgehead atoms. The van der Waals surface area contributed by atoms with Crippen molar-refractivity contribution >= 4 is 23.4 Å². The van der Waals surface area contributed by atoms with E-state index in [4.69, 9.17) is 4.74 Å². The highest BCUT2D eigenvalue weighted by Gasteiger charge is 2.30. The molecular formula is C28H28N4O2S. The number of nitrogens with zero attached hydrogens (tertiary/aromatic N) is 4. The number of para-hydroxylation sites is 1. The van der Waals surface area contributed by atoms with Crippen LogP contribution in [0.25, 0.3) is 0 Å². The van der Waals surface area contributed by atoms with Gasteiger partial charge in [-0.2, -0.15) is 0 Å². The van der Waals surface area contributed by atoms with E-state index in [1.807, 2.05) is 77.1 Å². The van der Waals surface area contributed by atoms with Gasteiger partial charge in [0.1, 0.15) is 12.4 Å². The number of anilines is 1. The minimum Gasteiger partial charge on any atom is -0.486 e. The predicted molar refractivity (Wildman–Crippen MR) is 139 cm³/mol. The number of hydrogen-bond acceptors (Lipinski definition) is 5. The summed E-state index contributed by atoms with van der Waals surface area (Å²) in [6.07, 6.45) is 0.886. The van der Waals surface area contributed by atoms with Crippen LogP contribution in [0.1, 0.15) is 29.4 Å². The maximum Gasteiger partial charge on any atom is 0.237 e. The normalized spacial score (nSPS) is 14.7. The minimum atomic E-state index is 0.0826. The van der Waals surface area contributed by atoms with Crippen LogP contribution in [-0.4, -0.2) is 32.5 Å². The third-order valence-electron chi connectivity index (χ3n) is 6.17. The smallest absolute Gasteiger partial charge is 0.237 e. The van der Waals surface area contributed by atoms with E-state index in [-0.39, 0.29) is 11.9 Å². The monoisotopic (exact) mass is 484 g/mol. The molecule has 0 unspecified atom stereocenters. The summed E-state index contributed by atoms with van der Waals surface area (Å²) < 4.78 is 8.04. The summed E-state index contributed by atoms with van der Waals surface area (Å²) in [5.41, 5.74) is 4.56. The van der Waals surface area contributed by atoms with Crippen molar-refractivity contribution in [2.75, 3.05) is 10.7 Å². The van der Waals surface area contributed by atoms with Gasteiger partial charge in [0.15, 0.2) is 11.0 Å². The SMILES string of the molecule is Cc1ccc(OCc2nnc(SCC(=O)N3c4ccccc4C[C@@H]3C)n2Cc2ccccc2)cc1. The van der Waals surface area contributed by atoms with E-state index in [9.17, 15) is 4.79 Å². The first-order chi connectivity index (χ1) is 17.1. The number of amides is 1. The average Bonchev–Trinajstić information content (AvgIpc) is 3.42. The summed E-state index contributed by atoms with van der Waals surface area (Å²) in [6.45, 7) is 5.06. The first-order valence-corrected chi connectivity index (χ1v) is 12.8. The number of ether oxygens (including phenoxy) is 1.